The van der Waals surface area contributed by atoms with Crippen molar-refractivity contribution in [2.45, 2.75) is 71.3 Å². The van der Waals surface area contributed by atoms with Gasteiger partial charge in [-0.15, -0.1) is 0 Å². The Balaban J connectivity index is 3.28. The van der Waals surface area contributed by atoms with Crippen LogP contribution in [0.15, 0.2) is 0 Å². The Morgan fingerprint density at radius 2 is 1.69 bits per heavy atom. The Labute approximate surface area is 100 Å². The van der Waals surface area contributed by atoms with Gasteiger partial charge in [0.15, 0.2) is 0 Å². The van der Waals surface area contributed by atoms with Crippen LogP contribution in [-0.4, -0.2) is 18.0 Å². The second-order valence-corrected chi connectivity index (χ2v) is 5.28. The van der Waals surface area contributed by atoms with Gasteiger partial charge in [-0.25, -0.2) is 0 Å². The standard InChI is InChI=1S/C13H28N2O/c1-4-5-6-7-8-9-10-15-12(16)11-13(2,3)14/h4-11,14H2,1-3H3,(H,15,16). The normalized spacial score (nSPS) is 11.5. The van der Waals surface area contributed by atoms with Gasteiger partial charge < -0.3 is 11.1 Å². The molecule has 0 atom stereocenters. The van der Waals surface area contributed by atoms with E-state index in [1.165, 1.54) is 32.1 Å². The van der Waals surface area contributed by atoms with Crippen molar-refractivity contribution in [2.24, 2.45) is 5.73 Å². The van der Waals surface area contributed by atoms with Crippen LogP contribution in [0, 0.1) is 0 Å². The van der Waals surface area contributed by atoms with E-state index in [-0.39, 0.29) is 5.91 Å². The van der Waals surface area contributed by atoms with Crippen LogP contribution in [0.5, 0.6) is 0 Å². The van der Waals surface area contributed by atoms with Crippen molar-refractivity contribution >= 4 is 5.91 Å². The molecular formula is C13H28N2O. The van der Waals surface area contributed by atoms with Crippen molar-refractivity contribution in [3.63, 3.8) is 0 Å². The van der Waals surface area contributed by atoms with Gasteiger partial charge in [0.05, 0.1) is 0 Å². The van der Waals surface area contributed by atoms with Crippen LogP contribution in [0.3, 0.4) is 0 Å². The van der Waals surface area contributed by atoms with Gasteiger partial charge in [-0.3, -0.25) is 4.79 Å². The number of unbranched alkanes of at least 4 members (excludes halogenated alkanes) is 5. The minimum atomic E-state index is -0.398. The molecule has 3 N–H and O–H groups in total. The summed E-state index contributed by atoms with van der Waals surface area (Å²) < 4.78 is 0. The molecule has 0 aromatic carbocycles. The van der Waals surface area contributed by atoms with E-state index in [0.29, 0.717) is 6.42 Å². The molecule has 1 amide bonds. The van der Waals surface area contributed by atoms with E-state index in [1.54, 1.807) is 0 Å². The van der Waals surface area contributed by atoms with Crippen molar-refractivity contribution in [2.75, 3.05) is 6.54 Å². The van der Waals surface area contributed by atoms with Crippen LogP contribution in [-0.2, 0) is 4.79 Å². The highest BCUT2D eigenvalue weighted by Crippen LogP contribution is 2.05. The Morgan fingerprint density at radius 1 is 1.12 bits per heavy atom. The number of amides is 1. The molecule has 0 saturated heterocycles. The molecule has 0 rings (SSSR count). The lowest BCUT2D eigenvalue weighted by Gasteiger charge is -2.17. The van der Waals surface area contributed by atoms with E-state index in [0.717, 1.165) is 13.0 Å². The predicted molar refractivity (Wildman–Crippen MR) is 69.3 cm³/mol. The molecule has 96 valence electrons. The first-order chi connectivity index (χ1) is 7.45. The van der Waals surface area contributed by atoms with Gasteiger partial charge in [-0.1, -0.05) is 39.0 Å². The zero-order valence-electron chi connectivity index (χ0n) is 11.1. The molecule has 0 aromatic heterocycles. The number of nitrogens with one attached hydrogen (secondary N) is 1. The third-order valence-electron chi connectivity index (χ3n) is 2.47. The SMILES string of the molecule is CCCCCCCCNC(=O)CC(C)(C)N. The van der Waals surface area contributed by atoms with Gasteiger partial charge in [-0.2, -0.15) is 0 Å². The van der Waals surface area contributed by atoms with E-state index in [1.807, 2.05) is 13.8 Å². The summed E-state index contributed by atoms with van der Waals surface area (Å²) in [6, 6.07) is 0. The molecule has 0 saturated carbocycles. The number of carbonyl (C=O) groups excluding carboxylic acids is 1. The monoisotopic (exact) mass is 228 g/mol. The first-order valence-corrected chi connectivity index (χ1v) is 6.51. The molecule has 0 aliphatic heterocycles. The van der Waals surface area contributed by atoms with Gasteiger partial charge in [0.25, 0.3) is 0 Å². The fourth-order valence-electron chi connectivity index (χ4n) is 1.61. The Morgan fingerprint density at radius 3 is 2.25 bits per heavy atom. The zero-order valence-corrected chi connectivity index (χ0v) is 11.1. The largest absolute Gasteiger partial charge is 0.356 e. The highest BCUT2D eigenvalue weighted by Gasteiger charge is 2.15. The van der Waals surface area contributed by atoms with Crippen molar-refractivity contribution in [3.8, 4) is 0 Å². The van der Waals surface area contributed by atoms with Crippen molar-refractivity contribution in [1.82, 2.24) is 5.32 Å². The van der Waals surface area contributed by atoms with Crippen LogP contribution in [0.1, 0.15) is 65.7 Å². The van der Waals surface area contributed by atoms with Crippen LogP contribution in [0.25, 0.3) is 0 Å². The Hall–Kier alpha value is -0.570. The summed E-state index contributed by atoms with van der Waals surface area (Å²) in [7, 11) is 0. The quantitative estimate of drug-likeness (QED) is 0.596. The molecule has 0 aliphatic rings. The summed E-state index contributed by atoms with van der Waals surface area (Å²) >= 11 is 0. The van der Waals surface area contributed by atoms with Crippen LogP contribution in [0.4, 0.5) is 0 Å². The van der Waals surface area contributed by atoms with E-state index >= 15 is 0 Å². The van der Waals surface area contributed by atoms with Gasteiger partial charge >= 0.3 is 0 Å². The number of hydrogen-bond acceptors (Lipinski definition) is 2. The first-order valence-electron chi connectivity index (χ1n) is 6.51. The van der Waals surface area contributed by atoms with Crippen molar-refractivity contribution < 1.29 is 4.79 Å². The zero-order chi connectivity index (χ0) is 12.4. The second-order valence-electron chi connectivity index (χ2n) is 5.28. The molecule has 0 fully saturated rings. The van der Waals surface area contributed by atoms with E-state index < -0.39 is 5.54 Å². The summed E-state index contributed by atoms with van der Waals surface area (Å²) in [5.41, 5.74) is 5.36. The maximum absolute atomic E-state index is 11.4. The fraction of sp³-hybridized carbons (Fsp3) is 0.923. The van der Waals surface area contributed by atoms with E-state index in [9.17, 15) is 4.79 Å². The summed E-state index contributed by atoms with van der Waals surface area (Å²) in [4.78, 5) is 11.4. The predicted octanol–water partition coefficient (Wildman–Crippen LogP) is 2.59. The Bertz CT molecular complexity index is 185. The molecule has 0 aliphatic carbocycles. The molecule has 3 heteroatoms. The molecule has 0 heterocycles. The lowest BCUT2D eigenvalue weighted by Crippen LogP contribution is -2.39. The molecule has 0 bridgehead atoms. The molecule has 0 radical (unpaired) electrons. The highest BCUT2D eigenvalue weighted by atomic mass is 16.1. The van der Waals surface area contributed by atoms with Crippen LogP contribution in [0.2, 0.25) is 0 Å². The first kappa shape index (κ1) is 15.4. The van der Waals surface area contributed by atoms with Gasteiger partial charge in [0, 0.05) is 18.5 Å². The number of nitrogens with two attached hydrogens (primary N) is 1. The van der Waals surface area contributed by atoms with E-state index in [4.69, 9.17) is 5.73 Å². The van der Waals surface area contributed by atoms with Gasteiger partial charge in [-0.05, 0) is 20.3 Å². The minimum absolute atomic E-state index is 0.0704. The second kappa shape index (κ2) is 8.57. The number of rotatable bonds is 9. The van der Waals surface area contributed by atoms with Crippen LogP contribution < -0.4 is 11.1 Å². The van der Waals surface area contributed by atoms with Crippen LogP contribution >= 0.6 is 0 Å². The lowest BCUT2D eigenvalue weighted by atomic mass is 10.0. The maximum Gasteiger partial charge on any atom is 0.221 e. The summed E-state index contributed by atoms with van der Waals surface area (Å²) in [6.45, 7) is 6.75. The van der Waals surface area contributed by atoms with Crippen molar-refractivity contribution in [3.05, 3.63) is 0 Å². The third kappa shape index (κ3) is 11.5. The topological polar surface area (TPSA) is 55.1 Å². The molecule has 0 unspecified atom stereocenters. The third-order valence-corrected chi connectivity index (χ3v) is 2.47. The van der Waals surface area contributed by atoms with E-state index in [2.05, 4.69) is 12.2 Å². The average Bonchev–Trinajstić information content (AvgIpc) is 2.13. The molecule has 0 spiro atoms. The summed E-state index contributed by atoms with van der Waals surface area (Å²) in [6.07, 6.45) is 7.91. The minimum Gasteiger partial charge on any atom is -0.356 e. The smallest absolute Gasteiger partial charge is 0.221 e. The van der Waals surface area contributed by atoms with Gasteiger partial charge in [0.1, 0.15) is 0 Å². The average molecular weight is 228 g/mol. The molecule has 16 heavy (non-hydrogen) atoms. The molecular weight excluding hydrogens is 200 g/mol. The lowest BCUT2D eigenvalue weighted by molar-refractivity contribution is -0.122. The highest BCUT2D eigenvalue weighted by molar-refractivity contribution is 5.76. The molecule has 0 aromatic rings. The Kier molecular flexibility index (Phi) is 8.26. The van der Waals surface area contributed by atoms with Crippen molar-refractivity contribution in [1.29, 1.82) is 0 Å². The summed E-state index contributed by atoms with van der Waals surface area (Å²) in [5, 5.41) is 2.91. The number of carbonyl (C=O) groups is 1. The van der Waals surface area contributed by atoms with Gasteiger partial charge in [0.2, 0.25) is 5.91 Å². The fourth-order valence-corrected chi connectivity index (χ4v) is 1.61. The summed E-state index contributed by atoms with van der Waals surface area (Å²) in [5.74, 6) is 0.0704. The maximum atomic E-state index is 11.4. The number of hydrogen-bond donors (Lipinski definition) is 2. The molecule has 3 nitrogen and oxygen atoms in total.